The van der Waals surface area contributed by atoms with Crippen LogP contribution in [0.25, 0.3) is 0 Å². The normalized spacial score (nSPS) is 16.6. The minimum absolute atomic E-state index is 0.0494. The fourth-order valence-corrected chi connectivity index (χ4v) is 4.79. The molecule has 1 aliphatic heterocycles. The van der Waals surface area contributed by atoms with Crippen molar-refractivity contribution in [1.29, 1.82) is 0 Å². The first-order chi connectivity index (χ1) is 17.9. The van der Waals surface area contributed by atoms with Gasteiger partial charge in [-0.1, -0.05) is 78.9 Å². The van der Waals surface area contributed by atoms with E-state index in [9.17, 15) is 9.59 Å². The molecule has 1 aliphatic rings. The van der Waals surface area contributed by atoms with Crippen LogP contribution in [-0.2, 0) is 27.5 Å². The van der Waals surface area contributed by atoms with Crippen molar-refractivity contribution in [3.05, 3.63) is 113 Å². The first-order valence-electron chi connectivity index (χ1n) is 12.8. The Labute approximate surface area is 219 Å². The molecule has 5 nitrogen and oxygen atoms in total. The number of hydrogen-bond acceptors (Lipinski definition) is 4. The molecule has 0 spiro atoms. The number of carbonyl (C=O) groups excluding carboxylic acids is 2. The summed E-state index contributed by atoms with van der Waals surface area (Å²) in [7, 11) is 1.64. The third-order valence-electron chi connectivity index (χ3n) is 6.91. The summed E-state index contributed by atoms with van der Waals surface area (Å²) in [5.74, 6) is 0.557. The molecule has 4 rings (SSSR count). The van der Waals surface area contributed by atoms with Crippen LogP contribution in [-0.4, -0.2) is 29.4 Å². The molecular formula is C32H35NO4. The molecule has 1 heterocycles. The summed E-state index contributed by atoms with van der Waals surface area (Å²) in [6, 6.07) is 27.6. The quantitative estimate of drug-likeness (QED) is 0.239. The number of rotatable bonds is 10. The molecule has 192 valence electrons. The van der Waals surface area contributed by atoms with Gasteiger partial charge in [-0.2, -0.15) is 0 Å². The van der Waals surface area contributed by atoms with E-state index in [2.05, 4.69) is 32.1 Å². The van der Waals surface area contributed by atoms with E-state index in [1.165, 1.54) is 0 Å². The number of likely N-dealkylation sites (tertiary alicyclic amines) is 1. The van der Waals surface area contributed by atoms with Gasteiger partial charge in [0, 0.05) is 36.4 Å². The van der Waals surface area contributed by atoms with E-state index >= 15 is 0 Å². The Morgan fingerprint density at radius 2 is 1.59 bits per heavy atom. The van der Waals surface area contributed by atoms with Crippen molar-refractivity contribution < 1.29 is 19.1 Å². The minimum Gasteiger partial charge on any atom is -0.497 e. The van der Waals surface area contributed by atoms with E-state index in [4.69, 9.17) is 9.47 Å². The molecule has 0 bridgehead atoms. The van der Waals surface area contributed by atoms with Gasteiger partial charge in [0.25, 0.3) is 0 Å². The second kappa shape index (κ2) is 11.9. The number of esters is 1. The van der Waals surface area contributed by atoms with Crippen LogP contribution >= 0.6 is 0 Å². The van der Waals surface area contributed by atoms with Gasteiger partial charge in [-0.3, -0.25) is 9.59 Å². The molecule has 0 aliphatic carbocycles. The molecule has 0 N–H and O–H groups in total. The predicted octanol–water partition coefficient (Wildman–Crippen LogP) is 6.44. The van der Waals surface area contributed by atoms with E-state index in [0.29, 0.717) is 19.4 Å². The molecule has 1 amide bonds. The maximum atomic E-state index is 13.6. The van der Waals surface area contributed by atoms with Crippen LogP contribution < -0.4 is 4.74 Å². The Kier molecular flexibility index (Phi) is 8.44. The van der Waals surface area contributed by atoms with Crippen LogP contribution in [0.4, 0.5) is 0 Å². The summed E-state index contributed by atoms with van der Waals surface area (Å²) in [5.41, 5.74) is 3.60. The molecule has 1 unspecified atom stereocenters. The third-order valence-corrected chi connectivity index (χ3v) is 6.91. The molecule has 1 saturated heterocycles. The topological polar surface area (TPSA) is 55.8 Å². The molecule has 3 aromatic rings. The van der Waals surface area contributed by atoms with Gasteiger partial charge in [-0.25, -0.2) is 0 Å². The van der Waals surface area contributed by atoms with E-state index in [1.54, 1.807) is 7.11 Å². The summed E-state index contributed by atoms with van der Waals surface area (Å²) < 4.78 is 10.8. The molecule has 37 heavy (non-hydrogen) atoms. The van der Waals surface area contributed by atoms with Crippen molar-refractivity contribution in [2.24, 2.45) is 0 Å². The van der Waals surface area contributed by atoms with E-state index in [-0.39, 0.29) is 36.4 Å². The summed E-state index contributed by atoms with van der Waals surface area (Å²) in [6.45, 7) is 5.01. The number of ether oxygens (including phenoxy) is 2. The highest BCUT2D eigenvalue weighted by Gasteiger charge is 2.41. The Hall–Kier alpha value is -3.86. The lowest BCUT2D eigenvalue weighted by Crippen LogP contribution is -2.40. The van der Waals surface area contributed by atoms with Crippen LogP contribution in [0.5, 0.6) is 5.75 Å². The molecule has 0 saturated carbocycles. The first kappa shape index (κ1) is 26.2. The maximum absolute atomic E-state index is 13.6. The predicted molar refractivity (Wildman–Crippen MR) is 145 cm³/mol. The minimum atomic E-state index is -0.307. The van der Waals surface area contributed by atoms with Crippen molar-refractivity contribution in [3.63, 3.8) is 0 Å². The number of amides is 1. The number of allylic oxidation sites excluding steroid dienone is 1. The smallest absolute Gasteiger partial charge is 0.306 e. The van der Waals surface area contributed by atoms with E-state index in [1.807, 2.05) is 77.7 Å². The number of carbonyl (C=O) groups is 2. The lowest BCUT2D eigenvalue weighted by molar-refractivity contribution is -0.145. The molecule has 5 heteroatoms. The standard InChI is InChI=1S/C32H35NO4/c1-32(2)21-28(31(35)33(32)22-24-14-17-29(36-3)18-15-24)20-27(26-12-8-5-9-13-26)16-19-30(34)37-23-25-10-6-4-7-11-25/h4-15,17-18,20,27H,16,19,21-23H2,1-3H3. The number of nitrogens with zero attached hydrogens (tertiary/aromatic N) is 1. The van der Waals surface area contributed by atoms with Crippen molar-refractivity contribution >= 4 is 11.9 Å². The Morgan fingerprint density at radius 3 is 2.24 bits per heavy atom. The van der Waals surface area contributed by atoms with Gasteiger partial charge in [-0.05, 0) is 49.1 Å². The van der Waals surface area contributed by atoms with Crippen molar-refractivity contribution in [2.75, 3.05) is 7.11 Å². The molecule has 1 fully saturated rings. The van der Waals surface area contributed by atoms with Gasteiger partial charge in [-0.15, -0.1) is 0 Å². The largest absolute Gasteiger partial charge is 0.497 e. The third kappa shape index (κ3) is 6.88. The maximum Gasteiger partial charge on any atom is 0.306 e. The summed E-state index contributed by atoms with van der Waals surface area (Å²) >= 11 is 0. The van der Waals surface area contributed by atoms with Gasteiger partial charge in [0.1, 0.15) is 12.4 Å². The lowest BCUT2D eigenvalue weighted by Gasteiger charge is -2.31. The molecule has 1 atom stereocenters. The molecule has 0 aromatic heterocycles. The van der Waals surface area contributed by atoms with Crippen molar-refractivity contribution in [2.45, 2.75) is 57.7 Å². The second-order valence-electron chi connectivity index (χ2n) is 10.1. The fourth-order valence-electron chi connectivity index (χ4n) is 4.79. The van der Waals surface area contributed by atoms with Gasteiger partial charge >= 0.3 is 5.97 Å². The highest BCUT2D eigenvalue weighted by molar-refractivity contribution is 5.97. The second-order valence-corrected chi connectivity index (χ2v) is 10.1. The van der Waals surface area contributed by atoms with Crippen LogP contribution in [0.3, 0.4) is 0 Å². The SMILES string of the molecule is COc1ccc(CN2C(=O)C(=CC(CCC(=O)OCc3ccccc3)c3ccccc3)CC2(C)C)cc1. The molecule has 0 radical (unpaired) electrons. The zero-order valence-corrected chi connectivity index (χ0v) is 21.9. The summed E-state index contributed by atoms with van der Waals surface area (Å²) in [4.78, 5) is 28.0. The summed E-state index contributed by atoms with van der Waals surface area (Å²) in [6.07, 6.45) is 3.58. The summed E-state index contributed by atoms with van der Waals surface area (Å²) in [5, 5.41) is 0. The van der Waals surface area contributed by atoms with Crippen LogP contribution in [0.2, 0.25) is 0 Å². The lowest BCUT2D eigenvalue weighted by atomic mass is 9.90. The molecule has 3 aromatic carbocycles. The zero-order chi connectivity index (χ0) is 26.3. The fraction of sp³-hybridized carbons (Fsp3) is 0.312. The monoisotopic (exact) mass is 497 g/mol. The number of benzene rings is 3. The van der Waals surface area contributed by atoms with E-state index in [0.717, 1.165) is 28.0 Å². The zero-order valence-electron chi connectivity index (χ0n) is 21.9. The van der Waals surface area contributed by atoms with Gasteiger partial charge in [0.05, 0.1) is 7.11 Å². The van der Waals surface area contributed by atoms with E-state index < -0.39 is 0 Å². The average molecular weight is 498 g/mol. The molecular weight excluding hydrogens is 462 g/mol. The first-order valence-corrected chi connectivity index (χ1v) is 12.8. The van der Waals surface area contributed by atoms with Crippen LogP contribution in [0, 0.1) is 0 Å². The Morgan fingerprint density at radius 1 is 0.946 bits per heavy atom. The number of methoxy groups -OCH3 is 1. The highest BCUT2D eigenvalue weighted by atomic mass is 16.5. The van der Waals surface area contributed by atoms with Crippen molar-refractivity contribution in [1.82, 2.24) is 4.90 Å². The Balaban J connectivity index is 1.47. The average Bonchev–Trinajstić information content (AvgIpc) is 3.13. The van der Waals surface area contributed by atoms with Gasteiger partial charge in [0.15, 0.2) is 0 Å². The van der Waals surface area contributed by atoms with Crippen LogP contribution in [0.15, 0.2) is 96.6 Å². The van der Waals surface area contributed by atoms with Crippen LogP contribution in [0.1, 0.15) is 55.7 Å². The number of hydrogen-bond donors (Lipinski definition) is 0. The van der Waals surface area contributed by atoms with Gasteiger partial charge < -0.3 is 14.4 Å². The van der Waals surface area contributed by atoms with Gasteiger partial charge in [0.2, 0.25) is 5.91 Å². The highest BCUT2D eigenvalue weighted by Crippen LogP contribution is 2.37. The van der Waals surface area contributed by atoms with Crippen molar-refractivity contribution in [3.8, 4) is 5.75 Å². The Bertz CT molecular complexity index is 1220.